The van der Waals surface area contributed by atoms with Crippen molar-refractivity contribution >= 4 is 19.2 Å². The fourth-order valence-electron chi connectivity index (χ4n) is 3.35. The first-order valence-corrected chi connectivity index (χ1v) is 10.0. The van der Waals surface area contributed by atoms with Gasteiger partial charge in [-0.05, 0) is 48.2 Å². The van der Waals surface area contributed by atoms with Gasteiger partial charge in [0.05, 0.1) is 13.2 Å². The van der Waals surface area contributed by atoms with Gasteiger partial charge >= 0.3 is 7.60 Å². The van der Waals surface area contributed by atoms with Gasteiger partial charge in [0.15, 0.2) is 0 Å². The molecule has 1 N–H and O–H groups in total. The Morgan fingerprint density at radius 3 is 2.32 bits per heavy atom. The molecule has 3 rings (SSSR count). The molecule has 0 saturated carbocycles. The molecule has 0 radical (unpaired) electrons. The summed E-state index contributed by atoms with van der Waals surface area (Å²) in [5.74, 6) is -0.148. The van der Waals surface area contributed by atoms with Crippen LogP contribution in [-0.4, -0.2) is 19.1 Å². The number of nitrogens with one attached hydrogen (secondary N) is 1. The number of rotatable bonds is 6. The maximum atomic E-state index is 13.5. The van der Waals surface area contributed by atoms with Crippen LogP contribution in [-0.2, 0) is 18.4 Å². The molecular formula is C19H22NO4P. The third-order valence-electron chi connectivity index (χ3n) is 4.15. The summed E-state index contributed by atoms with van der Waals surface area (Å²) in [4.78, 5) is 11.4. The van der Waals surface area contributed by atoms with Gasteiger partial charge in [-0.25, -0.2) is 0 Å². The average molecular weight is 359 g/mol. The molecule has 2 aromatic carbocycles. The molecule has 1 amide bonds. The standard InChI is InChI=1S/C19H22NO4P/c1-4-23-25(22,24-5-2)19-17-9-7-6-8-15(17)16-11-10-14(12-18(16)19)20-13(3)21/h6-12,19H,4-5H2,1-3H3,(H,20,21)/t19-/m0/s1. The average Bonchev–Trinajstić information content (AvgIpc) is 2.89. The molecule has 0 bridgehead atoms. The molecule has 0 heterocycles. The first-order valence-electron chi connectivity index (χ1n) is 8.39. The van der Waals surface area contributed by atoms with Crippen LogP contribution in [0.25, 0.3) is 11.1 Å². The Balaban J connectivity index is 2.18. The third-order valence-corrected chi connectivity index (χ3v) is 6.57. The molecule has 25 heavy (non-hydrogen) atoms. The zero-order valence-electron chi connectivity index (χ0n) is 14.6. The lowest BCUT2D eigenvalue weighted by Crippen LogP contribution is -2.08. The lowest BCUT2D eigenvalue weighted by molar-refractivity contribution is -0.114. The maximum absolute atomic E-state index is 13.5. The molecular weight excluding hydrogens is 337 g/mol. The van der Waals surface area contributed by atoms with Gasteiger partial charge in [0.2, 0.25) is 5.91 Å². The van der Waals surface area contributed by atoms with Crippen molar-refractivity contribution in [3.63, 3.8) is 0 Å². The highest BCUT2D eigenvalue weighted by Crippen LogP contribution is 2.68. The molecule has 2 aromatic rings. The molecule has 0 unspecified atom stereocenters. The van der Waals surface area contributed by atoms with Crippen LogP contribution in [0.5, 0.6) is 0 Å². The van der Waals surface area contributed by atoms with Gasteiger partial charge in [-0.3, -0.25) is 9.36 Å². The van der Waals surface area contributed by atoms with Crippen molar-refractivity contribution in [2.75, 3.05) is 18.5 Å². The molecule has 1 atom stereocenters. The van der Waals surface area contributed by atoms with Gasteiger partial charge in [0.25, 0.3) is 0 Å². The number of carbonyl (C=O) groups excluding carboxylic acids is 1. The highest BCUT2D eigenvalue weighted by molar-refractivity contribution is 7.54. The van der Waals surface area contributed by atoms with Gasteiger partial charge in [-0.2, -0.15) is 0 Å². The summed E-state index contributed by atoms with van der Waals surface area (Å²) in [6.45, 7) is 5.68. The number of hydrogen-bond donors (Lipinski definition) is 1. The van der Waals surface area contributed by atoms with E-state index in [1.165, 1.54) is 6.92 Å². The van der Waals surface area contributed by atoms with E-state index in [1.807, 2.05) is 42.5 Å². The van der Waals surface area contributed by atoms with Gasteiger partial charge in [-0.1, -0.05) is 30.3 Å². The maximum Gasteiger partial charge on any atom is 0.342 e. The van der Waals surface area contributed by atoms with E-state index >= 15 is 0 Å². The largest absolute Gasteiger partial charge is 0.342 e. The van der Waals surface area contributed by atoms with E-state index in [-0.39, 0.29) is 5.91 Å². The monoisotopic (exact) mass is 359 g/mol. The van der Waals surface area contributed by atoms with Crippen LogP contribution in [0.3, 0.4) is 0 Å². The Bertz CT molecular complexity index is 839. The fourth-order valence-corrected chi connectivity index (χ4v) is 5.56. The van der Waals surface area contributed by atoms with Crippen LogP contribution >= 0.6 is 7.60 Å². The minimum absolute atomic E-state index is 0.148. The van der Waals surface area contributed by atoms with Crippen LogP contribution in [0, 0.1) is 0 Å². The summed E-state index contributed by atoms with van der Waals surface area (Å²) in [6.07, 6.45) is 0. The van der Waals surface area contributed by atoms with Crippen LogP contribution in [0.1, 0.15) is 37.6 Å². The number of fused-ring (bicyclic) bond motifs is 3. The molecule has 132 valence electrons. The van der Waals surface area contributed by atoms with E-state index in [2.05, 4.69) is 5.32 Å². The van der Waals surface area contributed by atoms with Crippen molar-refractivity contribution in [1.29, 1.82) is 0 Å². The number of carbonyl (C=O) groups is 1. The van der Waals surface area contributed by atoms with E-state index in [9.17, 15) is 9.36 Å². The smallest absolute Gasteiger partial charge is 0.326 e. The molecule has 0 saturated heterocycles. The van der Waals surface area contributed by atoms with Gasteiger partial charge in [0, 0.05) is 12.6 Å². The van der Waals surface area contributed by atoms with Crippen molar-refractivity contribution in [3.05, 3.63) is 53.6 Å². The first kappa shape index (κ1) is 17.9. The summed E-state index contributed by atoms with van der Waals surface area (Å²) in [5, 5.41) is 2.79. The second-order valence-corrected chi connectivity index (χ2v) is 7.96. The minimum atomic E-state index is -3.40. The van der Waals surface area contributed by atoms with Crippen molar-refractivity contribution in [1.82, 2.24) is 0 Å². The molecule has 0 fully saturated rings. The zero-order valence-corrected chi connectivity index (χ0v) is 15.5. The second-order valence-electron chi connectivity index (χ2n) is 5.85. The molecule has 0 spiro atoms. The predicted molar refractivity (Wildman–Crippen MR) is 98.9 cm³/mol. The number of amides is 1. The number of hydrogen-bond acceptors (Lipinski definition) is 4. The Morgan fingerprint density at radius 2 is 1.68 bits per heavy atom. The van der Waals surface area contributed by atoms with Crippen molar-refractivity contribution < 1.29 is 18.4 Å². The van der Waals surface area contributed by atoms with E-state index in [0.717, 1.165) is 22.3 Å². The highest BCUT2D eigenvalue weighted by Gasteiger charge is 2.44. The number of anilines is 1. The van der Waals surface area contributed by atoms with E-state index in [4.69, 9.17) is 9.05 Å². The Labute approximate surface area is 147 Å². The molecule has 5 nitrogen and oxygen atoms in total. The Morgan fingerprint density at radius 1 is 1.04 bits per heavy atom. The van der Waals surface area contributed by atoms with Gasteiger partial charge < -0.3 is 14.4 Å². The van der Waals surface area contributed by atoms with Crippen LogP contribution < -0.4 is 5.32 Å². The van der Waals surface area contributed by atoms with E-state index < -0.39 is 13.3 Å². The topological polar surface area (TPSA) is 64.6 Å². The van der Waals surface area contributed by atoms with Gasteiger partial charge in [0.1, 0.15) is 5.66 Å². The summed E-state index contributed by atoms with van der Waals surface area (Å²) < 4.78 is 24.8. The quantitative estimate of drug-likeness (QED) is 0.739. The van der Waals surface area contributed by atoms with Crippen LogP contribution in [0.15, 0.2) is 42.5 Å². The molecule has 6 heteroatoms. The summed E-state index contributed by atoms with van der Waals surface area (Å²) in [7, 11) is -3.40. The molecule has 1 aliphatic rings. The van der Waals surface area contributed by atoms with Crippen molar-refractivity contribution in [2.24, 2.45) is 0 Å². The molecule has 0 aromatic heterocycles. The Kier molecular flexibility index (Phi) is 5.09. The highest BCUT2D eigenvalue weighted by atomic mass is 31.2. The van der Waals surface area contributed by atoms with Crippen LogP contribution in [0.2, 0.25) is 0 Å². The van der Waals surface area contributed by atoms with Crippen LogP contribution in [0.4, 0.5) is 5.69 Å². The normalized spacial score (nSPS) is 15.6. The minimum Gasteiger partial charge on any atom is -0.326 e. The van der Waals surface area contributed by atoms with E-state index in [1.54, 1.807) is 13.8 Å². The van der Waals surface area contributed by atoms with Gasteiger partial charge in [-0.15, -0.1) is 0 Å². The van der Waals surface area contributed by atoms with E-state index in [0.29, 0.717) is 18.9 Å². The zero-order chi connectivity index (χ0) is 18.0. The Hall–Kier alpha value is -1.94. The number of benzene rings is 2. The summed E-state index contributed by atoms with van der Waals surface area (Å²) in [5.41, 5.74) is 3.99. The lowest BCUT2D eigenvalue weighted by atomic mass is 10.1. The second kappa shape index (κ2) is 7.12. The summed E-state index contributed by atoms with van der Waals surface area (Å²) >= 11 is 0. The molecule has 0 aliphatic heterocycles. The SMILES string of the molecule is CCOP(=O)(OCC)[C@H]1c2ccccc2-c2ccc(NC(C)=O)cc21. The third kappa shape index (κ3) is 3.28. The fraction of sp³-hybridized carbons (Fsp3) is 0.316. The predicted octanol–water partition coefficient (Wildman–Crippen LogP) is 4.98. The lowest BCUT2D eigenvalue weighted by Gasteiger charge is -2.25. The summed E-state index contributed by atoms with van der Waals surface area (Å²) in [6, 6.07) is 13.5. The van der Waals surface area contributed by atoms with Crippen molar-refractivity contribution in [2.45, 2.75) is 26.4 Å². The molecule has 1 aliphatic carbocycles. The van der Waals surface area contributed by atoms with Crippen molar-refractivity contribution in [3.8, 4) is 11.1 Å². The first-order chi connectivity index (χ1) is 12.0.